The highest BCUT2D eigenvalue weighted by atomic mass is 79.9. The zero-order valence-corrected chi connectivity index (χ0v) is 18.6. The lowest BCUT2D eigenvalue weighted by Crippen LogP contribution is -2.44. The zero-order valence-electron chi connectivity index (χ0n) is 15.4. The number of sulfonamides is 1. The van der Waals surface area contributed by atoms with E-state index < -0.39 is 10.0 Å². The van der Waals surface area contributed by atoms with E-state index >= 15 is 0 Å². The molecule has 0 bridgehead atoms. The molecular formula is C17H22BrN5O3S2. The van der Waals surface area contributed by atoms with Gasteiger partial charge < -0.3 is 15.5 Å². The number of carbonyl (C=O) groups excluding carboxylic acids is 1. The molecule has 11 heteroatoms. The Bertz CT molecular complexity index is 942. The number of carbonyl (C=O) groups is 1. The van der Waals surface area contributed by atoms with Gasteiger partial charge in [0.15, 0.2) is 0 Å². The van der Waals surface area contributed by atoms with Crippen LogP contribution in [0.25, 0.3) is 0 Å². The van der Waals surface area contributed by atoms with E-state index in [0.29, 0.717) is 17.9 Å². The minimum Gasteiger partial charge on any atom is -0.353 e. The Morgan fingerprint density at radius 2 is 2.11 bits per heavy atom. The fourth-order valence-electron chi connectivity index (χ4n) is 2.79. The van der Waals surface area contributed by atoms with E-state index in [0.717, 1.165) is 47.7 Å². The van der Waals surface area contributed by atoms with Gasteiger partial charge in [0.05, 0.1) is 21.2 Å². The number of anilines is 2. The van der Waals surface area contributed by atoms with Crippen molar-refractivity contribution in [2.24, 2.45) is 0 Å². The summed E-state index contributed by atoms with van der Waals surface area (Å²) in [6.45, 7) is 5.59. The average Bonchev–Trinajstić information content (AvgIpc) is 3.14. The number of halogens is 1. The van der Waals surface area contributed by atoms with E-state index in [2.05, 4.69) is 36.3 Å². The minimum atomic E-state index is -3.75. The molecule has 152 valence electrons. The summed E-state index contributed by atoms with van der Waals surface area (Å²) >= 11 is 4.38. The largest absolute Gasteiger partial charge is 0.353 e. The number of hydrogen-bond donors (Lipinski definition) is 3. The van der Waals surface area contributed by atoms with Crippen molar-refractivity contribution in [1.82, 2.24) is 15.6 Å². The molecule has 0 saturated carbocycles. The maximum absolute atomic E-state index is 12.7. The first-order chi connectivity index (χ1) is 13.4. The normalized spacial score (nSPS) is 14.7. The van der Waals surface area contributed by atoms with Gasteiger partial charge in [-0.25, -0.2) is 13.4 Å². The van der Waals surface area contributed by atoms with Crippen molar-refractivity contribution in [2.75, 3.05) is 42.3 Å². The van der Waals surface area contributed by atoms with Crippen LogP contribution >= 0.6 is 27.3 Å². The lowest BCUT2D eigenvalue weighted by Gasteiger charge is -2.30. The third-order valence-corrected chi connectivity index (χ3v) is 7.63. The summed E-state index contributed by atoms with van der Waals surface area (Å²) in [4.78, 5) is 19.1. The van der Waals surface area contributed by atoms with Crippen molar-refractivity contribution in [3.8, 4) is 0 Å². The number of nitrogens with zero attached hydrogens (tertiary/aromatic N) is 2. The van der Waals surface area contributed by atoms with Crippen molar-refractivity contribution < 1.29 is 13.2 Å². The minimum absolute atomic E-state index is 0.183. The predicted octanol–water partition coefficient (Wildman–Crippen LogP) is 2.26. The Morgan fingerprint density at radius 1 is 1.36 bits per heavy atom. The first-order valence-corrected chi connectivity index (χ1v) is 12.0. The molecule has 0 radical (unpaired) electrons. The topological polar surface area (TPSA) is 103 Å². The summed E-state index contributed by atoms with van der Waals surface area (Å²) in [7, 11) is -3.75. The molecule has 8 nitrogen and oxygen atoms in total. The smallest absolute Gasteiger partial charge is 0.271 e. The summed E-state index contributed by atoms with van der Waals surface area (Å²) in [5.41, 5.74) is 0.618. The highest BCUT2D eigenvalue weighted by molar-refractivity contribution is 9.11. The molecule has 0 unspecified atom stereocenters. The quantitative estimate of drug-likeness (QED) is 0.553. The Balaban J connectivity index is 1.91. The van der Waals surface area contributed by atoms with Crippen molar-refractivity contribution in [1.29, 1.82) is 0 Å². The Labute approximate surface area is 176 Å². The van der Waals surface area contributed by atoms with Gasteiger partial charge in [-0.3, -0.25) is 9.52 Å². The van der Waals surface area contributed by atoms with Crippen LogP contribution in [0.5, 0.6) is 0 Å². The van der Waals surface area contributed by atoms with Crippen molar-refractivity contribution in [3.05, 3.63) is 33.7 Å². The van der Waals surface area contributed by atoms with E-state index in [1.807, 2.05) is 11.8 Å². The second-order valence-electron chi connectivity index (χ2n) is 6.25. The summed E-state index contributed by atoms with van der Waals surface area (Å²) < 4.78 is 28.6. The molecule has 28 heavy (non-hydrogen) atoms. The Morgan fingerprint density at radius 3 is 2.75 bits per heavy atom. The SMILES string of the molecule is CCCNC(=O)c1cc(NS(=O)(=O)c2ccc(Br)s2)cnc1N1CCNCC1. The molecule has 1 aliphatic heterocycles. The summed E-state index contributed by atoms with van der Waals surface area (Å²) in [5, 5.41) is 6.12. The van der Waals surface area contributed by atoms with Crippen LogP contribution in [-0.4, -0.2) is 52.0 Å². The lowest BCUT2D eigenvalue weighted by atomic mass is 10.2. The van der Waals surface area contributed by atoms with Gasteiger partial charge in [-0.05, 0) is 40.5 Å². The number of piperazine rings is 1. The molecule has 0 atom stereocenters. The molecule has 1 aliphatic rings. The lowest BCUT2D eigenvalue weighted by molar-refractivity contribution is 0.0954. The van der Waals surface area contributed by atoms with Gasteiger partial charge in [0.2, 0.25) is 0 Å². The average molecular weight is 488 g/mol. The number of pyridine rings is 1. The molecule has 0 spiro atoms. The van der Waals surface area contributed by atoms with Gasteiger partial charge in [0.1, 0.15) is 10.0 Å². The van der Waals surface area contributed by atoms with Gasteiger partial charge in [-0.15, -0.1) is 11.3 Å². The van der Waals surface area contributed by atoms with Crippen molar-refractivity contribution in [3.63, 3.8) is 0 Å². The Kier molecular flexibility index (Phi) is 6.91. The van der Waals surface area contributed by atoms with E-state index in [9.17, 15) is 13.2 Å². The highest BCUT2D eigenvalue weighted by Gasteiger charge is 2.22. The first-order valence-electron chi connectivity index (χ1n) is 8.93. The van der Waals surface area contributed by atoms with Gasteiger partial charge >= 0.3 is 0 Å². The van der Waals surface area contributed by atoms with E-state index in [1.165, 1.54) is 12.3 Å². The fraction of sp³-hybridized carbons (Fsp3) is 0.412. The predicted molar refractivity (Wildman–Crippen MR) is 115 cm³/mol. The van der Waals surface area contributed by atoms with Crippen LogP contribution in [-0.2, 0) is 10.0 Å². The summed E-state index contributed by atoms with van der Waals surface area (Å²) in [6.07, 6.45) is 2.26. The number of rotatable bonds is 7. The number of amides is 1. The third-order valence-electron chi connectivity index (χ3n) is 4.13. The van der Waals surface area contributed by atoms with Crippen LogP contribution in [0.4, 0.5) is 11.5 Å². The molecule has 3 heterocycles. The number of nitrogens with one attached hydrogen (secondary N) is 3. The second-order valence-corrected chi connectivity index (χ2v) is 10.6. The van der Waals surface area contributed by atoms with Gasteiger partial charge in [-0.1, -0.05) is 6.92 Å². The van der Waals surface area contributed by atoms with Crippen LogP contribution < -0.4 is 20.3 Å². The molecule has 1 fully saturated rings. The third kappa shape index (κ3) is 5.02. The van der Waals surface area contributed by atoms with Crippen LogP contribution in [0.3, 0.4) is 0 Å². The van der Waals surface area contributed by atoms with E-state index in [-0.39, 0.29) is 15.8 Å². The van der Waals surface area contributed by atoms with Gasteiger partial charge in [0, 0.05) is 32.7 Å². The van der Waals surface area contributed by atoms with Crippen molar-refractivity contribution in [2.45, 2.75) is 17.6 Å². The monoisotopic (exact) mass is 487 g/mol. The van der Waals surface area contributed by atoms with Crippen LogP contribution in [0, 0.1) is 0 Å². The molecule has 0 aromatic carbocycles. The van der Waals surface area contributed by atoms with Crippen LogP contribution in [0.1, 0.15) is 23.7 Å². The second kappa shape index (κ2) is 9.21. The van der Waals surface area contributed by atoms with Gasteiger partial charge in [-0.2, -0.15) is 0 Å². The molecule has 2 aromatic heterocycles. The summed E-state index contributed by atoms with van der Waals surface area (Å²) in [5.74, 6) is 0.305. The van der Waals surface area contributed by atoms with E-state index in [4.69, 9.17) is 0 Å². The summed E-state index contributed by atoms with van der Waals surface area (Å²) in [6, 6.07) is 4.75. The standard InChI is InChI=1S/C17H22BrN5O3S2/c1-2-5-20-17(24)13-10-12(11-21-16(13)23-8-6-19-7-9-23)22-28(25,26)15-4-3-14(18)27-15/h3-4,10-11,19,22H,2,5-9H2,1H3,(H,20,24). The molecule has 1 saturated heterocycles. The van der Waals surface area contributed by atoms with Crippen molar-refractivity contribution >= 4 is 54.7 Å². The molecule has 3 N–H and O–H groups in total. The highest BCUT2D eigenvalue weighted by Crippen LogP contribution is 2.29. The molecule has 1 amide bonds. The molecular weight excluding hydrogens is 466 g/mol. The maximum Gasteiger partial charge on any atom is 0.271 e. The Hall–Kier alpha value is -1.69. The van der Waals surface area contributed by atoms with Crippen LogP contribution in [0.15, 0.2) is 32.4 Å². The zero-order chi connectivity index (χ0) is 20.1. The van der Waals surface area contributed by atoms with Gasteiger partial charge in [0.25, 0.3) is 15.9 Å². The number of aromatic nitrogens is 1. The molecule has 0 aliphatic carbocycles. The first kappa shape index (κ1) is 21.0. The maximum atomic E-state index is 12.7. The number of hydrogen-bond acceptors (Lipinski definition) is 7. The van der Waals surface area contributed by atoms with Crippen LogP contribution in [0.2, 0.25) is 0 Å². The molecule has 3 rings (SSSR count). The van der Waals surface area contributed by atoms with E-state index in [1.54, 1.807) is 12.1 Å². The number of thiophene rings is 1. The fourth-order valence-corrected chi connectivity index (χ4v) is 5.83. The molecule has 2 aromatic rings.